The molecular formula is C19H20FIN3O3-. The SMILES string of the molecule is O=C(NCc1ccc(F)cc1)Nc1ccc(CC(=O)N2CC[C@H]2[I-]O)cc1. The molecule has 0 unspecified atom stereocenters. The van der Waals surface area contributed by atoms with Crippen molar-refractivity contribution in [3.05, 3.63) is 65.5 Å². The molecule has 6 nitrogen and oxygen atoms in total. The molecule has 3 amide bonds. The summed E-state index contributed by atoms with van der Waals surface area (Å²) in [6, 6.07) is 12.6. The maximum atomic E-state index is 12.9. The minimum atomic E-state index is -0.925. The van der Waals surface area contributed by atoms with Gasteiger partial charge < -0.3 is 0 Å². The number of anilines is 1. The number of nitrogens with zero attached hydrogens (tertiary/aromatic N) is 1. The Kier molecular flexibility index (Phi) is 6.62. The average molecular weight is 484 g/mol. The number of benzene rings is 2. The fourth-order valence-electron chi connectivity index (χ4n) is 2.68. The van der Waals surface area contributed by atoms with E-state index in [9.17, 15) is 17.4 Å². The zero-order valence-corrected chi connectivity index (χ0v) is 16.6. The van der Waals surface area contributed by atoms with Crippen molar-refractivity contribution < 1.29 is 39.0 Å². The first-order chi connectivity index (χ1) is 13.0. The predicted octanol–water partition coefficient (Wildman–Crippen LogP) is -0.755. The third kappa shape index (κ3) is 5.39. The third-order valence-electron chi connectivity index (χ3n) is 4.31. The summed E-state index contributed by atoms with van der Waals surface area (Å²) in [5, 5.41) is 5.42. The number of likely N-dealkylation sites (tertiary alicyclic amines) is 1. The van der Waals surface area contributed by atoms with Gasteiger partial charge in [-0.2, -0.15) is 0 Å². The van der Waals surface area contributed by atoms with Gasteiger partial charge in [-0.05, 0) is 17.7 Å². The quantitative estimate of drug-likeness (QED) is 0.287. The average Bonchev–Trinajstić information content (AvgIpc) is 2.62. The van der Waals surface area contributed by atoms with E-state index in [1.165, 1.54) is 12.1 Å². The van der Waals surface area contributed by atoms with Gasteiger partial charge in [-0.15, -0.1) is 0 Å². The van der Waals surface area contributed by atoms with Crippen LogP contribution >= 0.6 is 0 Å². The molecule has 8 heteroatoms. The summed E-state index contributed by atoms with van der Waals surface area (Å²) in [4.78, 5) is 25.9. The molecule has 1 heterocycles. The van der Waals surface area contributed by atoms with E-state index < -0.39 is 21.6 Å². The monoisotopic (exact) mass is 484 g/mol. The van der Waals surface area contributed by atoms with Gasteiger partial charge in [0, 0.05) is 0 Å². The Bertz CT molecular complexity index is 797. The summed E-state index contributed by atoms with van der Waals surface area (Å²) in [5.74, 6) is -0.290. The number of rotatable bonds is 6. The molecule has 0 radical (unpaired) electrons. The summed E-state index contributed by atoms with van der Waals surface area (Å²) >= 11 is -0.925. The Morgan fingerprint density at radius 1 is 1.11 bits per heavy atom. The van der Waals surface area contributed by atoms with Gasteiger partial charge in [0.15, 0.2) is 0 Å². The number of halogens is 2. The van der Waals surface area contributed by atoms with Crippen molar-refractivity contribution >= 4 is 17.6 Å². The predicted molar refractivity (Wildman–Crippen MR) is 94.7 cm³/mol. The third-order valence-corrected chi connectivity index (χ3v) is 6.25. The van der Waals surface area contributed by atoms with Crippen LogP contribution in [-0.2, 0) is 17.8 Å². The van der Waals surface area contributed by atoms with Crippen LogP contribution in [0.2, 0.25) is 0 Å². The minimum absolute atomic E-state index is 0.0257. The first-order valence-corrected chi connectivity index (χ1v) is 10.7. The van der Waals surface area contributed by atoms with Gasteiger partial charge >= 0.3 is 128 Å². The van der Waals surface area contributed by atoms with E-state index >= 15 is 0 Å². The van der Waals surface area contributed by atoms with Crippen molar-refractivity contribution in [2.75, 3.05) is 11.9 Å². The van der Waals surface area contributed by atoms with Gasteiger partial charge in [0.2, 0.25) is 0 Å². The summed E-state index contributed by atoms with van der Waals surface area (Å²) in [6.45, 7) is 1.01. The van der Waals surface area contributed by atoms with Crippen LogP contribution in [0.25, 0.3) is 0 Å². The fraction of sp³-hybridized carbons (Fsp3) is 0.263. The van der Waals surface area contributed by atoms with Gasteiger partial charge in [0.1, 0.15) is 5.82 Å². The van der Waals surface area contributed by atoms with Gasteiger partial charge in [0.25, 0.3) is 0 Å². The normalized spacial score (nSPS) is 15.9. The van der Waals surface area contributed by atoms with Crippen LogP contribution in [0.5, 0.6) is 0 Å². The Morgan fingerprint density at radius 3 is 2.37 bits per heavy atom. The molecule has 0 aromatic heterocycles. The molecule has 1 aliphatic heterocycles. The topological polar surface area (TPSA) is 81.7 Å². The van der Waals surface area contributed by atoms with Crippen LogP contribution in [0.15, 0.2) is 48.5 Å². The van der Waals surface area contributed by atoms with E-state index in [0.717, 1.165) is 24.1 Å². The molecular weight excluding hydrogens is 464 g/mol. The number of nitrogens with one attached hydrogen (secondary N) is 2. The van der Waals surface area contributed by atoms with Gasteiger partial charge in [-0.25, -0.2) is 4.39 Å². The van der Waals surface area contributed by atoms with Crippen molar-refractivity contribution in [2.24, 2.45) is 0 Å². The molecule has 1 fully saturated rings. The van der Waals surface area contributed by atoms with Crippen LogP contribution in [0.1, 0.15) is 17.5 Å². The Labute approximate surface area is 167 Å². The van der Waals surface area contributed by atoms with Gasteiger partial charge in [-0.1, -0.05) is 12.1 Å². The summed E-state index contributed by atoms with van der Waals surface area (Å²) in [5.41, 5.74) is 2.28. The number of alkyl halides is 1. The molecule has 2 aromatic carbocycles. The molecule has 0 aliphatic carbocycles. The first kappa shape index (κ1) is 19.6. The summed E-state index contributed by atoms with van der Waals surface area (Å²) < 4.78 is 22.2. The second-order valence-electron chi connectivity index (χ2n) is 6.22. The van der Waals surface area contributed by atoms with E-state index in [2.05, 4.69) is 10.6 Å². The van der Waals surface area contributed by atoms with Crippen molar-refractivity contribution in [2.45, 2.75) is 23.4 Å². The molecule has 1 aliphatic rings. The van der Waals surface area contributed by atoms with E-state index in [1.807, 2.05) is 0 Å². The van der Waals surface area contributed by atoms with Crippen LogP contribution in [0.3, 0.4) is 0 Å². The number of carbonyl (C=O) groups excluding carboxylic acids is 2. The number of urea groups is 1. The number of carbonyl (C=O) groups is 2. The molecule has 3 N–H and O–H groups in total. The molecule has 2 aromatic rings. The molecule has 1 atom stereocenters. The van der Waals surface area contributed by atoms with Crippen molar-refractivity contribution in [3.8, 4) is 0 Å². The van der Waals surface area contributed by atoms with E-state index in [0.29, 0.717) is 12.2 Å². The van der Waals surface area contributed by atoms with Gasteiger partial charge in [0.05, 0.1) is 0 Å². The van der Waals surface area contributed by atoms with Crippen molar-refractivity contribution in [3.63, 3.8) is 0 Å². The maximum absolute atomic E-state index is 12.9. The zero-order valence-electron chi connectivity index (χ0n) is 14.5. The standard InChI is InChI=1S/C19H20FIN3O3/c20-15-5-1-14(2-6-15)12-22-19(26)23-16-7-3-13(4-8-16)11-18(25)24-10-9-17(24)21-27/h1-8,17,27H,9-12H2,(H2,22,23,26)/q-1/t17-/m0/s1. The van der Waals surface area contributed by atoms with E-state index in [4.69, 9.17) is 0 Å². The van der Waals surface area contributed by atoms with Crippen LogP contribution in [0, 0.1) is 5.82 Å². The van der Waals surface area contributed by atoms with Crippen molar-refractivity contribution in [1.82, 2.24) is 10.2 Å². The van der Waals surface area contributed by atoms with E-state index in [1.54, 1.807) is 41.3 Å². The Balaban J connectivity index is 1.46. The van der Waals surface area contributed by atoms with E-state index in [-0.39, 0.29) is 28.2 Å². The molecule has 3 rings (SSSR count). The number of amides is 3. The summed E-state index contributed by atoms with van der Waals surface area (Å²) in [6.07, 6.45) is 1.18. The molecule has 27 heavy (non-hydrogen) atoms. The Morgan fingerprint density at radius 2 is 1.78 bits per heavy atom. The van der Waals surface area contributed by atoms with Crippen LogP contribution in [-0.4, -0.2) is 30.9 Å². The Hall–Kier alpha value is -2.20. The first-order valence-electron chi connectivity index (χ1n) is 8.50. The second-order valence-corrected chi connectivity index (χ2v) is 8.21. The zero-order chi connectivity index (χ0) is 19.2. The molecule has 0 bridgehead atoms. The number of hydrogen-bond donors (Lipinski definition) is 3. The fourth-order valence-corrected chi connectivity index (χ4v) is 4.13. The summed E-state index contributed by atoms with van der Waals surface area (Å²) in [7, 11) is 0. The molecule has 0 saturated carbocycles. The second kappa shape index (κ2) is 9.14. The molecule has 0 spiro atoms. The molecule has 144 valence electrons. The van der Waals surface area contributed by atoms with Crippen molar-refractivity contribution in [1.29, 1.82) is 0 Å². The van der Waals surface area contributed by atoms with Gasteiger partial charge in [-0.3, -0.25) is 0 Å². The number of hydrogen-bond acceptors (Lipinski definition) is 3. The van der Waals surface area contributed by atoms with Crippen LogP contribution < -0.4 is 32.3 Å². The molecule has 1 saturated heterocycles. The van der Waals surface area contributed by atoms with Crippen LogP contribution in [0.4, 0.5) is 14.9 Å².